The van der Waals surface area contributed by atoms with Crippen molar-refractivity contribution >= 4 is 29.0 Å². The molecule has 3 aromatic rings. The summed E-state index contributed by atoms with van der Waals surface area (Å²) in [6.07, 6.45) is 5.48. The summed E-state index contributed by atoms with van der Waals surface area (Å²) in [4.78, 5) is 22.3. The predicted octanol–water partition coefficient (Wildman–Crippen LogP) is 4.19. The second-order valence-electron chi connectivity index (χ2n) is 5.39. The minimum atomic E-state index is -0.0753. The van der Waals surface area contributed by atoms with Gasteiger partial charge in [0.1, 0.15) is 5.03 Å². The molecule has 0 aliphatic heterocycles. The number of nitrogens with zero attached hydrogens (tertiary/aromatic N) is 2. The largest absolute Gasteiger partial charge is 0.347 e. The van der Waals surface area contributed by atoms with Gasteiger partial charge < -0.3 is 5.32 Å². The molecule has 3 aromatic heterocycles. The molecule has 1 amide bonds. The maximum atomic E-state index is 12.4. The Morgan fingerprint density at radius 2 is 2.00 bits per heavy atom. The van der Waals surface area contributed by atoms with Gasteiger partial charge in [0.2, 0.25) is 0 Å². The first-order valence-electron chi connectivity index (χ1n) is 8.11. The Hall–Kier alpha value is -2.18. The molecule has 0 atom stereocenters. The zero-order valence-corrected chi connectivity index (χ0v) is 15.4. The molecule has 1 N–H and O–H groups in total. The zero-order valence-electron chi connectivity index (χ0n) is 13.7. The van der Waals surface area contributed by atoms with Crippen LogP contribution in [0, 0.1) is 0 Å². The van der Waals surface area contributed by atoms with E-state index < -0.39 is 0 Å². The standard InChI is InChI=1S/C19H19N3OS2/c23-18(22-14-16-8-5-12-24-16)17-9-3-11-21-19(17)25-13-4-7-15-6-1-2-10-20-15/h1-3,5-6,8-12H,4,7,13-14H2,(H,22,23). The maximum Gasteiger partial charge on any atom is 0.254 e. The van der Waals surface area contributed by atoms with Crippen LogP contribution in [0.3, 0.4) is 0 Å². The predicted molar refractivity (Wildman–Crippen MR) is 103 cm³/mol. The van der Waals surface area contributed by atoms with E-state index >= 15 is 0 Å². The van der Waals surface area contributed by atoms with Crippen molar-refractivity contribution in [2.24, 2.45) is 0 Å². The first-order chi connectivity index (χ1) is 12.3. The highest BCUT2D eigenvalue weighted by Gasteiger charge is 2.12. The van der Waals surface area contributed by atoms with Gasteiger partial charge in [-0.25, -0.2) is 4.98 Å². The Morgan fingerprint density at radius 3 is 2.80 bits per heavy atom. The third kappa shape index (κ3) is 5.41. The lowest BCUT2D eigenvalue weighted by Crippen LogP contribution is -2.23. The number of carbonyl (C=O) groups is 1. The molecule has 128 valence electrons. The van der Waals surface area contributed by atoms with Crippen molar-refractivity contribution in [3.8, 4) is 0 Å². The van der Waals surface area contributed by atoms with Crippen LogP contribution in [0.2, 0.25) is 0 Å². The first-order valence-corrected chi connectivity index (χ1v) is 9.98. The number of pyridine rings is 2. The van der Waals surface area contributed by atoms with Gasteiger partial charge in [0.05, 0.1) is 12.1 Å². The number of rotatable bonds is 8. The van der Waals surface area contributed by atoms with E-state index in [4.69, 9.17) is 0 Å². The van der Waals surface area contributed by atoms with Gasteiger partial charge in [-0.05, 0) is 54.3 Å². The van der Waals surface area contributed by atoms with E-state index in [-0.39, 0.29) is 5.91 Å². The molecular weight excluding hydrogens is 350 g/mol. The minimum Gasteiger partial charge on any atom is -0.347 e. The molecule has 0 fully saturated rings. The molecule has 0 aliphatic carbocycles. The van der Waals surface area contributed by atoms with Crippen LogP contribution < -0.4 is 5.32 Å². The highest BCUT2D eigenvalue weighted by atomic mass is 32.2. The van der Waals surface area contributed by atoms with Gasteiger partial charge in [0.15, 0.2) is 0 Å². The summed E-state index contributed by atoms with van der Waals surface area (Å²) in [6, 6.07) is 13.6. The molecule has 3 heterocycles. The Bertz CT molecular complexity index is 791. The molecule has 0 spiro atoms. The van der Waals surface area contributed by atoms with Gasteiger partial charge in [0, 0.05) is 23.0 Å². The van der Waals surface area contributed by atoms with Gasteiger partial charge in [-0.2, -0.15) is 0 Å². The Kier molecular flexibility index (Phi) is 6.59. The molecule has 0 aromatic carbocycles. The molecular formula is C19H19N3OS2. The van der Waals surface area contributed by atoms with Crippen LogP contribution in [0.15, 0.2) is 65.3 Å². The molecule has 0 bridgehead atoms. The molecule has 25 heavy (non-hydrogen) atoms. The number of thiophene rings is 1. The number of aromatic nitrogens is 2. The van der Waals surface area contributed by atoms with E-state index in [2.05, 4.69) is 15.3 Å². The molecule has 3 rings (SSSR count). The van der Waals surface area contributed by atoms with E-state index in [0.29, 0.717) is 12.1 Å². The van der Waals surface area contributed by atoms with Gasteiger partial charge in [-0.1, -0.05) is 12.1 Å². The molecule has 0 radical (unpaired) electrons. The van der Waals surface area contributed by atoms with Crippen LogP contribution >= 0.6 is 23.1 Å². The SMILES string of the molecule is O=C(NCc1cccs1)c1cccnc1SCCCc1ccccn1. The number of hydrogen-bond donors (Lipinski definition) is 1. The van der Waals surface area contributed by atoms with Crippen LogP contribution in [0.5, 0.6) is 0 Å². The van der Waals surface area contributed by atoms with Crippen molar-refractivity contribution in [2.45, 2.75) is 24.4 Å². The summed E-state index contributed by atoms with van der Waals surface area (Å²) in [6.45, 7) is 0.551. The maximum absolute atomic E-state index is 12.4. The van der Waals surface area contributed by atoms with Crippen molar-refractivity contribution < 1.29 is 4.79 Å². The van der Waals surface area contributed by atoms with Crippen molar-refractivity contribution in [3.05, 3.63) is 76.4 Å². The average molecular weight is 370 g/mol. The third-order valence-corrected chi connectivity index (χ3v) is 5.53. The van der Waals surface area contributed by atoms with Gasteiger partial charge >= 0.3 is 0 Å². The number of carbonyl (C=O) groups excluding carboxylic acids is 1. The van der Waals surface area contributed by atoms with E-state index in [9.17, 15) is 4.79 Å². The molecule has 4 nitrogen and oxygen atoms in total. The van der Waals surface area contributed by atoms with Crippen molar-refractivity contribution in [1.82, 2.24) is 15.3 Å². The van der Waals surface area contributed by atoms with Crippen LogP contribution in [0.1, 0.15) is 27.3 Å². The number of aryl methyl sites for hydroxylation is 1. The first kappa shape index (κ1) is 17.6. The second-order valence-corrected chi connectivity index (χ2v) is 7.51. The number of amides is 1. The lowest BCUT2D eigenvalue weighted by atomic mass is 10.2. The monoisotopic (exact) mass is 369 g/mol. The highest BCUT2D eigenvalue weighted by Crippen LogP contribution is 2.21. The summed E-state index contributed by atoms with van der Waals surface area (Å²) in [5, 5.41) is 5.76. The highest BCUT2D eigenvalue weighted by molar-refractivity contribution is 7.99. The second kappa shape index (κ2) is 9.34. The van der Waals surface area contributed by atoms with E-state index in [1.165, 1.54) is 0 Å². The summed E-state index contributed by atoms with van der Waals surface area (Å²) >= 11 is 3.26. The average Bonchev–Trinajstić information content (AvgIpc) is 3.18. The van der Waals surface area contributed by atoms with Crippen molar-refractivity contribution in [3.63, 3.8) is 0 Å². The van der Waals surface area contributed by atoms with Crippen LogP contribution in [-0.2, 0) is 13.0 Å². The Balaban J connectivity index is 1.52. The van der Waals surface area contributed by atoms with Crippen LogP contribution in [-0.4, -0.2) is 21.6 Å². The van der Waals surface area contributed by atoms with Gasteiger partial charge in [-0.15, -0.1) is 23.1 Å². The minimum absolute atomic E-state index is 0.0753. The summed E-state index contributed by atoms with van der Waals surface area (Å²) < 4.78 is 0. The normalized spacial score (nSPS) is 10.6. The van der Waals surface area contributed by atoms with Crippen LogP contribution in [0.25, 0.3) is 0 Å². The lowest BCUT2D eigenvalue weighted by molar-refractivity contribution is 0.0947. The fraction of sp³-hybridized carbons (Fsp3) is 0.211. The molecule has 0 unspecified atom stereocenters. The lowest BCUT2D eigenvalue weighted by Gasteiger charge is -2.08. The topological polar surface area (TPSA) is 54.9 Å². The summed E-state index contributed by atoms with van der Waals surface area (Å²) in [5.74, 6) is 0.826. The van der Waals surface area contributed by atoms with Crippen molar-refractivity contribution in [1.29, 1.82) is 0 Å². The van der Waals surface area contributed by atoms with E-state index in [1.54, 1.807) is 35.4 Å². The summed E-state index contributed by atoms with van der Waals surface area (Å²) in [5.41, 5.74) is 1.74. The smallest absolute Gasteiger partial charge is 0.254 e. The number of thioether (sulfide) groups is 1. The number of nitrogens with one attached hydrogen (secondary N) is 1. The summed E-state index contributed by atoms with van der Waals surface area (Å²) in [7, 11) is 0. The number of hydrogen-bond acceptors (Lipinski definition) is 5. The molecule has 0 saturated carbocycles. The fourth-order valence-electron chi connectivity index (χ4n) is 2.32. The zero-order chi connectivity index (χ0) is 17.3. The fourth-order valence-corrected chi connectivity index (χ4v) is 3.90. The Morgan fingerprint density at radius 1 is 1.08 bits per heavy atom. The molecule has 6 heteroatoms. The van der Waals surface area contributed by atoms with Gasteiger partial charge in [0.25, 0.3) is 5.91 Å². The Labute approximate surface area is 155 Å². The van der Waals surface area contributed by atoms with E-state index in [1.807, 2.05) is 48.0 Å². The van der Waals surface area contributed by atoms with E-state index in [0.717, 1.165) is 34.2 Å². The third-order valence-electron chi connectivity index (χ3n) is 3.56. The molecule has 0 saturated heterocycles. The quantitative estimate of drug-likeness (QED) is 0.478. The van der Waals surface area contributed by atoms with Crippen LogP contribution in [0.4, 0.5) is 0 Å². The van der Waals surface area contributed by atoms with Gasteiger partial charge in [-0.3, -0.25) is 9.78 Å². The molecule has 0 aliphatic rings. The van der Waals surface area contributed by atoms with Crippen molar-refractivity contribution in [2.75, 3.05) is 5.75 Å².